The molecule has 4 aromatic rings. The zero-order chi connectivity index (χ0) is 14.4. The summed E-state index contributed by atoms with van der Waals surface area (Å²) >= 11 is 0. The minimum Gasteiger partial charge on any atom is -0.381 e. The normalized spacial score (nSPS) is 11.3. The molecule has 0 fully saturated rings. The van der Waals surface area contributed by atoms with Gasteiger partial charge in [0.05, 0.1) is 10.9 Å². The SMILES string of the molecule is Nc1oc(-c2ccc(F)cc2)[n+]2ccc3ccccc3c12. The Labute approximate surface area is 120 Å². The molecule has 0 bridgehead atoms. The first-order valence-electron chi connectivity index (χ1n) is 6.61. The van der Waals surface area contributed by atoms with Gasteiger partial charge in [-0.3, -0.25) is 0 Å². The molecule has 0 aliphatic heterocycles. The van der Waals surface area contributed by atoms with E-state index in [4.69, 9.17) is 10.2 Å². The fraction of sp³-hybridized carbons (Fsp3) is 0. The van der Waals surface area contributed by atoms with Gasteiger partial charge in [-0.2, -0.15) is 0 Å². The van der Waals surface area contributed by atoms with Crippen molar-refractivity contribution in [1.29, 1.82) is 0 Å². The molecule has 0 unspecified atom stereocenters. The van der Waals surface area contributed by atoms with Crippen molar-refractivity contribution in [1.82, 2.24) is 0 Å². The molecule has 4 heteroatoms. The number of nitrogens with two attached hydrogens (primary N) is 1. The minimum atomic E-state index is -0.280. The number of rotatable bonds is 1. The van der Waals surface area contributed by atoms with Gasteiger partial charge in [0.2, 0.25) is 0 Å². The van der Waals surface area contributed by atoms with Gasteiger partial charge in [-0.25, -0.2) is 4.39 Å². The number of nitrogens with zero attached hydrogens (tertiary/aromatic N) is 1. The molecule has 2 aromatic heterocycles. The van der Waals surface area contributed by atoms with E-state index in [0.29, 0.717) is 11.8 Å². The predicted molar refractivity (Wildman–Crippen MR) is 79.2 cm³/mol. The standard InChI is InChI=1S/C17H12FN2O/c18-13-7-5-12(6-8-13)17-20-10-9-11-3-1-2-4-14(11)15(20)16(19)21-17/h1-10H,19H2/q+1. The summed E-state index contributed by atoms with van der Waals surface area (Å²) in [7, 11) is 0. The van der Waals surface area contributed by atoms with Crippen molar-refractivity contribution < 1.29 is 13.2 Å². The van der Waals surface area contributed by atoms with Crippen LogP contribution in [0.2, 0.25) is 0 Å². The van der Waals surface area contributed by atoms with E-state index in [-0.39, 0.29) is 5.82 Å². The quantitative estimate of drug-likeness (QED) is 0.541. The summed E-state index contributed by atoms with van der Waals surface area (Å²) in [5.41, 5.74) is 7.65. The average molecular weight is 279 g/mol. The second-order valence-corrected chi connectivity index (χ2v) is 4.90. The molecule has 0 saturated carbocycles. The summed E-state index contributed by atoms with van der Waals surface area (Å²) in [5, 5.41) is 2.12. The monoisotopic (exact) mass is 279 g/mol. The Morgan fingerprint density at radius 3 is 2.52 bits per heavy atom. The minimum absolute atomic E-state index is 0.280. The van der Waals surface area contributed by atoms with E-state index < -0.39 is 0 Å². The topological polar surface area (TPSA) is 43.3 Å². The lowest BCUT2D eigenvalue weighted by Crippen LogP contribution is -2.21. The number of hydrogen-bond donors (Lipinski definition) is 1. The lowest BCUT2D eigenvalue weighted by molar-refractivity contribution is -0.502. The molecular weight excluding hydrogens is 267 g/mol. The molecular formula is C17H12FN2O+. The van der Waals surface area contributed by atoms with Crippen molar-refractivity contribution in [2.75, 3.05) is 5.73 Å². The Morgan fingerprint density at radius 1 is 0.952 bits per heavy atom. The summed E-state index contributed by atoms with van der Waals surface area (Å²) in [5.74, 6) is 0.664. The summed E-state index contributed by atoms with van der Waals surface area (Å²) in [6, 6.07) is 16.1. The highest BCUT2D eigenvalue weighted by Gasteiger charge is 2.24. The maximum absolute atomic E-state index is 13.1. The number of oxazole rings is 1. The molecule has 0 amide bonds. The van der Waals surface area contributed by atoms with Crippen molar-refractivity contribution in [2.24, 2.45) is 0 Å². The van der Waals surface area contributed by atoms with Crippen molar-refractivity contribution in [3.63, 3.8) is 0 Å². The van der Waals surface area contributed by atoms with Gasteiger partial charge in [0.15, 0.2) is 6.20 Å². The molecule has 2 aromatic carbocycles. The lowest BCUT2D eigenvalue weighted by atomic mass is 10.1. The Hall–Kier alpha value is -2.88. The van der Waals surface area contributed by atoms with Crippen LogP contribution in [0.15, 0.2) is 65.2 Å². The highest BCUT2D eigenvalue weighted by Crippen LogP contribution is 2.27. The van der Waals surface area contributed by atoms with Crippen molar-refractivity contribution in [2.45, 2.75) is 0 Å². The second-order valence-electron chi connectivity index (χ2n) is 4.90. The second kappa shape index (κ2) is 4.31. The van der Waals surface area contributed by atoms with Gasteiger partial charge in [-0.1, -0.05) is 18.2 Å². The van der Waals surface area contributed by atoms with E-state index in [0.717, 1.165) is 21.9 Å². The van der Waals surface area contributed by atoms with Crippen LogP contribution in [0.3, 0.4) is 0 Å². The zero-order valence-electron chi connectivity index (χ0n) is 11.1. The molecule has 0 aliphatic rings. The number of hydrogen-bond acceptors (Lipinski definition) is 2. The lowest BCUT2D eigenvalue weighted by Gasteiger charge is -1.95. The van der Waals surface area contributed by atoms with Crippen molar-refractivity contribution >= 4 is 22.2 Å². The van der Waals surface area contributed by atoms with E-state index in [1.54, 1.807) is 12.1 Å². The van der Waals surface area contributed by atoms with Crippen LogP contribution in [-0.4, -0.2) is 0 Å². The fourth-order valence-electron chi connectivity index (χ4n) is 2.63. The van der Waals surface area contributed by atoms with Crippen LogP contribution < -0.4 is 10.1 Å². The van der Waals surface area contributed by atoms with Gasteiger partial charge in [-0.15, -0.1) is 4.40 Å². The van der Waals surface area contributed by atoms with Gasteiger partial charge in [-0.05, 0) is 35.7 Å². The Kier molecular flexibility index (Phi) is 2.44. The van der Waals surface area contributed by atoms with Gasteiger partial charge in [0.25, 0.3) is 11.4 Å². The summed E-state index contributed by atoms with van der Waals surface area (Å²) in [6.45, 7) is 0. The molecule has 0 atom stereocenters. The van der Waals surface area contributed by atoms with Crippen LogP contribution >= 0.6 is 0 Å². The molecule has 21 heavy (non-hydrogen) atoms. The molecule has 4 rings (SSSR count). The van der Waals surface area contributed by atoms with Crippen LogP contribution in [0.5, 0.6) is 0 Å². The van der Waals surface area contributed by atoms with Crippen LogP contribution in [-0.2, 0) is 0 Å². The molecule has 3 nitrogen and oxygen atoms in total. The van der Waals surface area contributed by atoms with Gasteiger partial charge in [0.1, 0.15) is 5.82 Å². The Morgan fingerprint density at radius 2 is 1.71 bits per heavy atom. The first-order chi connectivity index (χ1) is 10.2. The number of pyridine rings is 1. The predicted octanol–water partition coefficient (Wildman–Crippen LogP) is 3.56. The largest absolute Gasteiger partial charge is 0.388 e. The average Bonchev–Trinajstić information content (AvgIpc) is 2.86. The highest BCUT2D eigenvalue weighted by molar-refractivity contribution is 5.97. The van der Waals surface area contributed by atoms with Crippen LogP contribution in [0.4, 0.5) is 10.3 Å². The number of benzene rings is 2. The zero-order valence-corrected chi connectivity index (χ0v) is 11.1. The first kappa shape index (κ1) is 11.9. The molecule has 102 valence electrons. The Bertz CT molecular complexity index is 958. The maximum Gasteiger partial charge on any atom is 0.388 e. The molecule has 0 spiro atoms. The molecule has 0 saturated heterocycles. The molecule has 2 N–H and O–H groups in total. The van der Waals surface area contributed by atoms with Crippen LogP contribution in [0, 0.1) is 5.82 Å². The summed E-state index contributed by atoms with van der Waals surface area (Å²) in [4.78, 5) is 0. The van der Waals surface area contributed by atoms with Gasteiger partial charge >= 0.3 is 5.89 Å². The van der Waals surface area contributed by atoms with E-state index in [2.05, 4.69) is 0 Å². The number of halogens is 1. The summed E-state index contributed by atoms with van der Waals surface area (Å²) < 4.78 is 20.7. The first-order valence-corrected chi connectivity index (χ1v) is 6.61. The van der Waals surface area contributed by atoms with E-state index >= 15 is 0 Å². The molecule has 0 radical (unpaired) electrons. The molecule has 0 aliphatic carbocycles. The van der Waals surface area contributed by atoms with Crippen LogP contribution in [0.1, 0.15) is 0 Å². The number of nitrogen functional groups attached to an aromatic ring is 1. The molecule has 2 heterocycles. The third-order valence-corrected chi connectivity index (χ3v) is 3.61. The van der Waals surface area contributed by atoms with Gasteiger partial charge < -0.3 is 10.2 Å². The van der Waals surface area contributed by atoms with E-state index in [1.165, 1.54) is 12.1 Å². The summed E-state index contributed by atoms with van der Waals surface area (Å²) in [6.07, 6.45) is 1.91. The van der Waals surface area contributed by atoms with Crippen molar-refractivity contribution in [3.8, 4) is 11.5 Å². The number of anilines is 1. The maximum atomic E-state index is 13.1. The number of fused-ring (bicyclic) bond motifs is 3. The van der Waals surface area contributed by atoms with Crippen LogP contribution in [0.25, 0.3) is 27.7 Å². The Balaban J connectivity index is 2.08. The van der Waals surface area contributed by atoms with Crippen molar-refractivity contribution in [3.05, 3.63) is 66.6 Å². The fourth-order valence-corrected chi connectivity index (χ4v) is 2.63. The highest BCUT2D eigenvalue weighted by atomic mass is 19.1. The van der Waals surface area contributed by atoms with Gasteiger partial charge in [0, 0.05) is 6.07 Å². The smallest absolute Gasteiger partial charge is 0.381 e. The third kappa shape index (κ3) is 1.76. The third-order valence-electron chi connectivity index (χ3n) is 3.61. The number of aromatic nitrogens is 1. The van der Waals surface area contributed by atoms with E-state index in [1.807, 2.05) is 40.9 Å². The van der Waals surface area contributed by atoms with E-state index in [9.17, 15) is 4.39 Å².